The summed E-state index contributed by atoms with van der Waals surface area (Å²) < 4.78 is 5.52. The second-order valence-corrected chi connectivity index (χ2v) is 7.99. The normalized spacial score (nSPS) is 18.3. The molecule has 2 aliphatic heterocycles. The number of rotatable bonds is 6. The van der Waals surface area contributed by atoms with Gasteiger partial charge in [-0.25, -0.2) is 0 Å². The van der Waals surface area contributed by atoms with Gasteiger partial charge < -0.3 is 14.5 Å². The Bertz CT molecular complexity index is 799. The third-order valence-electron chi connectivity index (χ3n) is 5.97. The number of morpholine rings is 1. The third-order valence-corrected chi connectivity index (χ3v) is 5.97. The molecule has 29 heavy (non-hydrogen) atoms. The zero-order chi connectivity index (χ0) is 20.1. The van der Waals surface area contributed by atoms with E-state index in [4.69, 9.17) is 4.74 Å². The van der Waals surface area contributed by atoms with Crippen LogP contribution in [-0.2, 0) is 16.1 Å². The van der Waals surface area contributed by atoms with E-state index in [1.807, 2.05) is 23.1 Å². The van der Waals surface area contributed by atoms with Gasteiger partial charge in [-0.15, -0.1) is 0 Å². The fourth-order valence-corrected chi connectivity index (χ4v) is 4.45. The fraction of sp³-hybridized carbons (Fsp3) is 0.458. The molecular formula is C24H31N3O2. The molecule has 4 rings (SSSR count). The smallest absolute Gasteiger partial charge is 0.244 e. The van der Waals surface area contributed by atoms with Gasteiger partial charge in [0.25, 0.3) is 0 Å². The van der Waals surface area contributed by atoms with E-state index in [1.54, 1.807) is 0 Å². The number of hydrogen-bond acceptors (Lipinski definition) is 4. The van der Waals surface area contributed by atoms with Crippen molar-refractivity contribution in [2.75, 3.05) is 51.3 Å². The highest BCUT2D eigenvalue weighted by molar-refractivity contribution is 5.83. The van der Waals surface area contributed by atoms with E-state index >= 15 is 0 Å². The molecule has 0 saturated carbocycles. The van der Waals surface area contributed by atoms with Gasteiger partial charge in [-0.2, -0.15) is 0 Å². The van der Waals surface area contributed by atoms with Crippen molar-refractivity contribution in [1.82, 2.24) is 9.80 Å². The van der Waals surface area contributed by atoms with Gasteiger partial charge in [-0.3, -0.25) is 9.69 Å². The lowest BCUT2D eigenvalue weighted by Gasteiger charge is -2.34. The van der Waals surface area contributed by atoms with E-state index in [2.05, 4.69) is 53.2 Å². The van der Waals surface area contributed by atoms with E-state index in [0.29, 0.717) is 0 Å². The summed E-state index contributed by atoms with van der Waals surface area (Å²) in [5, 5.41) is 0. The van der Waals surface area contributed by atoms with Crippen LogP contribution in [0, 0.1) is 0 Å². The van der Waals surface area contributed by atoms with Crippen molar-refractivity contribution >= 4 is 11.6 Å². The van der Waals surface area contributed by atoms with Gasteiger partial charge in [0.15, 0.2) is 0 Å². The van der Waals surface area contributed by atoms with Crippen LogP contribution in [0.4, 0.5) is 5.69 Å². The Labute approximate surface area is 173 Å². The number of amides is 1. The Morgan fingerprint density at radius 2 is 1.62 bits per heavy atom. The highest BCUT2D eigenvalue weighted by Crippen LogP contribution is 2.29. The van der Waals surface area contributed by atoms with Crippen molar-refractivity contribution in [2.45, 2.75) is 25.4 Å². The molecule has 2 aliphatic rings. The third kappa shape index (κ3) is 4.62. The van der Waals surface area contributed by atoms with Gasteiger partial charge >= 0.3 is 0 Å². The molecule has 0 spiro atoms. The molecule has 0 radical (unpaired) electrons. The SMILES string of the molecule is CN(Cc1ccccc1N1CCOCC1)[C@H](C(=O)N1CCCC1)c1ccccc1. The van der Waals surface area contributed by atoms with Gasteiger partial charge in [0.2, 0.25) is 5.91 Å². The average molecular weight is 394 g/mol. The van der Waals surface area contributed by atoms with Crippen LogP contribution in [0.1, 0.15) is 30.0 Å². The maximum Gasteiger partial charge on any atom is 0.244 e. The first-order valence-electron chi connectivity index (χ1n) is 10.7. The first-order chi connectivity index (χ1) is 14.2. The van der Waals surface area contributed by atoms with Crippen LogP contribution in [0.2, 0.25) is 0 Å². The summed E-state index contributed by atoms with van der Waals surface area (Å²) in [5.41, 5.74) is 3.57. The number of para-hydroxylation sites is 1. The lowest BCUT2D eigenvalue weighted by Crippen LogP contribution is -2.41. The molecule has 0 N–H and O–H groups in total. The molecule has 1 amide bonds. The molecular weight excluding hydrogens is 362 g/mol. The molecule has 2 fully saturated rings. The maximum absolute atomic E-state index is 13.4. The average Bonchev–Trinajstić information content (AvgIpc) is 3.31. The van der Waals surface area contributed by atoms with Gasteiger partial charge in [0.1, 0.15) is 6.04 Å². The summed E-state index contributed by atoms with van der Waals surface area (Å²) in [6.07, 6.45) is 2.22. The number of anilines is 1. The number of carbonyl (C=O) groups excluding carboxylic acids is 1. The van der Waals surface area contributed by atoms with Gasteiger partial charge in [0, 0.05) is 38.4 Å². The Kier molecular flexibility index (Phi) is 6.47. The molecule has 0 aliphatic carbocycles. The summed E-state index contributed by atoms with van der Waals surface area (Å²) in [5.74, 6) is 0.222. The molecule has 0 aromatic heterocycles. The highest BCUT2D eigenvalue weighted by Gasteiger charge is 2.31. The lowest BCUT2D eigenvalue weighted by molar-refractivity contribution is -0.136. The van der Waals surface area contributed by atoms with Crippen LogP contribution in [-0.4, -0.2) is 62.1 Å². The molecule has 2 aromatic rings. The predicted octanol–water partition coefficient (Wildman–Crippen LogP) is 3.32. The minimum absolute atomic E-state index is 0.222. The number of likely N-dealkylation sites (N-methyl/N-ethyl adjacent to an activating group) is 1. The zero-order valence-corrected chi connectivity index (χ0v) is 17.3. The second kappa shape index (κ2) is 9.42. The monoisotopic (exact) mass is 393 g/mol. The quantitative estimate of drug-likeness (QED) is 0.754. The van der Waals surface area contributed by atoms with Crippen molar-refractivity contribution in [2.24, 2.45) is 0 Å². The molecule has 0 unspecified atom stereocenters. The van der Waals surface area contributed by atoms with Crippen LogP contribution >= 0.6 is 0 Å². The standard InChI is InChI=1S/C24H31N3O2/c1-25(19-21-11-5-6-12-22(21)26-15-17-29-18-16-26)23(20-9-3-2-4-10-20)24(28)27-13-7-8-14-27/h2-6,9-12,23H,7-8,13-19H2,1H3/t23-/m0/s1. The van der Waals surface area contributed by atoms with Crippen LogP contribution in [0.25, 0.3) is 0 Å². The molecule has 0 bridgehead atoms. The van der Waals surface area contributed by atoms with Crippen molar-refractivity contribution in [3.8, 4) is 0 Å². The summed E-state index contributed by atoms with van der Waals surface area (Å²) in [4.78, 5) is 20.1. The molecule has 5 heteroatoms. The van der Waals surface area contributed by atoms with Gasteiger partial charge in [-0.05, 0) is 37.1 Å². The summed E-state index contributed by atoms with van der Waals surface area (Å²) in [7, 11) is 2.07. The number of hydrogen-bond donors (Lipinski definition) is 0. The molecule has 2 aromatic carbocycles. The minimum atomic E-state index is -0.257. The topological polar surface area (TPSA) is 36.0 Å². The van der Waals surface area contributed by atoms with Crippen LogP contribution < -0.4 is 4.90 Å². The molecule has 1 atom stereocenters. The summed E-state index contributed by atoms with van der Waals surface area (Å²) in [6.45, 7) is 5.84. The number of benzene rings is 2. The van der Waals surface area contributed by atoms with Crippen molar-refractivity contribution < 1.29 is 9.53 Å². The number of likely N-dealkylation sites (tertiary alicyclic amines) is 1. The first kappa shape index (κ1) is 19.9. The number of nitrogens with zero attached hydrogens (tertiary/aromatic N) is 3. The Hall–Kier alpha value is -2.37. The van der Waals surface area contributed by atoms with E-state index in [1.165, 1.54) is 11.3 Å². The summed E-state index contributed by atoms with van der Waals surface area (Å²) in [6, 6.07) is 18.5. The predicted molar refractivity (Wildman–Crippen MR) is 116 cm³/mol. The Morgan fingerprint density at radius 1 is 0.966 bits per heavy atom. The Morgan fingerprint density at radius 3 is 2.34 bits per heavy atom. The van der Waals surface area contributed by atoms with E-state index < -0.39 is 0 Å². The summed E-state index contributed by atoms with van der Waals surface area (Å²) >= 11 is 0. The Balaban J connectivity index is 1.58. The molecule has 2 heterocycles. The largest absolute Gasteiger partial charge is 0.378 e. The number of ether oxygens (including phenoxy) is 1. The van der Waals surface area contributed by atoms with Crippen LogP contribution in [0.5, 0.6) is 0 Å². The van der Waals surface area contributed by atoms with Crippen LogP contribution in [0.15, 0.2) is 54.6 Å². The van der Waals surface area contributed by atoms with E-state index in [-0.39, 0.29) is 11.9 Å². The van der Waals surface area contributed by atoms with Gasteiger partial charge in [-0.1, -0.05) is 48.5 Å². The van der Waals surface area contributed by atoms with Gasteiger partial charge in [0.05, 0.1) is 13.2 Å². The minimum Gasteiger partial charge on any atom is -0.378 e. The molecule has 5 nitrogen and oxygen atoms in total. The van der Waals surface area contributed by atoms with Crippen molar-refractivity contribution in [3.05, 3.63) is 65.7 Å². The first-order valence-corrected chi connectivity index (χ1v) is 10.7. The highest BCUT2D eigenvalue weighted by atomic mass is 16.5. The molecule has 2 saturated heterocycles. The second-order valence-electron chi connectivity index (χ2n) is 7.99. The zero-order valence-electron chi connectivity index (χ0n) is 17.3. The lowest BCUT2D eigenvalue weighted by atomic mass is 10.0. The van der Waals surface area contributed by atoms with E-state index in [0.717, 1.165) is 64.3 Å². The molecule has 154 valence electrons. The number of carbonyl (C=O) groups is 1. The fourth-order valence-electron chi connectivity index (χ4n) is 4.45. The van der Waals surface area contributed by atoms with Crippen LogP contribution in [0.3, 0.4) is 0 Å². The van der Waals surface area contributed by atoms with Crippen molar-refractivity contribution in [1.29, 1.82) is 0 Å². The van der Waals surface area contributed by atoms with E-state index in [9.17, 15) is 4.79 Å². The maximum atomic E-state index is 13.4. The van der Waals surface area contributed by atoms with Crippen molar-refractivity contribution in [3.63, 3.8) is 0 Å².